The van der Waals surface area contributed by atoms with Crippen LogP contribution in [0.15, 0.2) is 30.5 Å². The third-order valence-corrected chi connectivity index (χ3v) is 5.11. The molecular weight excluding hydrogens is 331 g/mol. The summed E-state index contributed by atoms with van der Waals surface area (Å²) in [4.78, 5) is 9.06. The Labute approximate surface area is 153 Å². The zero-order valence-electron chi connectivity index (χ0n) is 14.9. The van der Waals surface area contributed by atoms with Gasteiger partial charge in [-0.1, -0.05) is 18.2 Å². The van der Waals surface area contributed by atoms with Gasteiger partial charge in [0.25, 0.3) is 5.88 Å². The first-order valence-electron chi connectivity index (χ1n) is 9.20. The summed E-state index contributed by atoms with van der Waals surface area (Å²) in [6.45, 7) is 0.532. The van der Waals surface area contributed by atoms with E-state index in [1.54, 1.807) is 13.3 Å². The van der Waals surface area contributed by atoms with Crippen LogP contribution in [0.1, 0.15) is 37.2 Å². The molecule has 7 heteroatoms. The fourth-order valence-corrected chi connectivity index (χ4v) is 3.65. The Morgan fingerprint density at radius 3 is 2.85 bits per heavy atom. The standard InChI is InChI=1S/C19H23BN2O4/c1-24-17-11-21-18(22-19(17)26-16-7-2-3-8-16)14-6-4-5-13(9-14)15-10-20(23)25-12-15/h4-6,9,11,15-16,23H,2-3,7-8,10,12H2,1H3/t15-/m0/s1. The number of methoxy groups -OCH3 is 1. The summed E-state index contributed by atoms with van der Waals surface area (Å²) in [5.74, 6) is 1.87. The second-order valence-electron chi connectivity index (χ2n) is 6.94. The number of hydrogen-bond donors (Lipinski definition) is 1. The van der Waals surface area contributed by atoms with Gasteiger partial charge >= 0.3 is 7.12 Å². The fourth-order valence-electron chi connectivity index (χ4n) is 3.65. The highest BCUT2D eigenvalue weighted by molar-refractivity contribution is 6.43. The van der Waals surface area contributed by atoms with Crippen molar-refractivity contribution in [2.75, 3.05) is 13.7 Å². The van der Waals surface area contributed by atoms with Crippen LogP contribution in [0.25, 0.3) is 11.4 Å². The smallest absolute Gasteiger partial charge is 0.454 e. The van der Waals surface area contributed by atoms with Gasteiger partial charge in [-0.2, -0.15) is 4.98 Å². The molecule has 1 aliphatic heterocycles. The molecule has 0 radical (unpaired) electrons. The molecule has 4 rings (SSSR count). The molecule has 26 heavy (non-hydrogen) atoms. The summed E-state index contributed by atoms with van der Waals surface area (Å²) in [7, 11) is 0.929. The van der Waals surface area contributed by atoms with Crippen molar-refractivity contribution < 1.29 is 19.2 Å². The van der Waals surface area contributed by atoms with Gasteiger partial charge in [0, 0.05) is 18.1 Å². The molecule has 1 aliphatic carbocycles. The number of aromatic nitrogens is 2. The highest BCUT2D eigenvalue weighted by atomic mass is 16.5. The van der Waals surface area contributed by atoms with Crippen LogP contribution in [0.3, 0.4) is 0 Å². The average Bonchev–Trinajstić information content (AvgIpc) is 3.33. The first kappa shape index (κ1) is 17.3. The summed E-state index contributed by atoms with van der Waals surface area (Å²) >= 11 is 0. The van der Waals surface area contributed by atoms with Crippen molar-refractivity contribution in [1.29, 1.82) is 0 Å². The van der Waals surface area contributed by atoms with Crippen LogP contribution >= 0.6 is 0 Å². The van der Waals surface area contributed by atoms with Crippen molar-refractivity contribution in [3.63, 3.8) is 0 Å². The van der Waals surface area contributed by atoms with Gasteiger partial charge in [0.1, 0.15) is 6.10 Å². The van der Waals surface area contributed by atoms with E-state index in [0.29, 0.717) is 30.4 Å². The summed E-state index contributed by atoms with van der Waals surface area (Å²) in [5.41, 5.74) is 2.04. The van der Waals surface area contributed by atoms with Gasteiger partial charge in [0.05, 0.1) is 13.3 Å². The van der Waals surface area contributed by atoms with Crippen molar-refractivity contribution in [3.05, 3.63) is 36.0 Å². The molecule has 1 N–H and O–H groups in total. The maximum absolute atomic E-state index is 9.60. The van der Waals surface area contributed by atoms with Gasteiger partial charge in [-0.3, -0.25) is 0 Å². The van der Waals surface area contributed by atoms with Gasteiger partial charge in [-0.15, -0.1) is 0 Å². The first-order valence-corrected chi connectivity index (χ1v) is 9.20. The van der Waals surface area contributed by atoms with Crippen LogP contribution in [-0.2, 0) is 4.65 Å². The van der Waals surface area contributed by atoms with E-state index in [2.05, 4.69) is 22.1 Å². The monoisotopic (exact) mass is 354 g/mol. The quantitative estimate of drug-likeness (QED) is 0.832. The van der Waals surface area contributed by atoms with E-state index in [1.165, 1.54) is 12.8 Å². The molecule has 1 saturated heterocycles. The van der Waals surface area contributed by atoms with Crippen LogP contribution in [-0.4, -0.2) is 41.9 Å². The van der Waals surface area contributed by atoms with Crippen molar-refractivity contribution in [2.45, 2.75) is 44.0 Å². The molecule has 1 atom stereocenters. The van der Waals surface area contributed by atoms with Crippen LogP contribution in [0, 0.1) is 0 Å². The molecular formula is C19H23BN2O4. The third-order valence-electron chi connectivity index (χ3n) is 5.11. The lowest BCUT2D eigenvalue weighted by atomic mass is 9.79. The van der Waals surface area contributed by atoms with Crippen molar-refractivity contribution >= 4 is 7.12 Å². The number of rotatable bonds is 5. The van der Waals surface area contributed by atoms with Crippen molar-refractivity contribution in [3.8, 4) is 23.0 Å². The molecule has 1 aromatic carbocycles. The van der Waals surface area contributed by atoms with E-state index in [-0.39, 0.29) is 12.0 Å². The van der Waals surface area contributed by atoms with Crippen LogP contribution in [0.2, 0.25) is 6.32 Å². The maximum atomic E-state index is 9.60. The highest BCUT2D eigenvalue weighted by Gasteiger charge is 2.30. The Bertz CT molecular complexity index is 767. The zero-order chi connectivity index (χ0) is 17.9. The van der Waals surface area contributed by atoms with Gasteiger partial charge < -0.3 is 19.2 Å². The van der Waals surface area contributed by atoms with Crippen LogP contribution < -0.4 is 9.47 Å². The Kier molecular flexibility index (Phi) is 5.08. The lowest BCUT2D eigenvalue weighted by Gasteiger charge is -2.15. The topological polar surface area (TPSA) is 73.7 Å². The predicted octanol–water partition coefficient (Wildman–Crippen LogP) is 3.07. The molecule has 1 saturated carbocycles. The summed E-state index contributed by atoms with van der Waals surface area (Å²) in [6.07, 6.45) is 6.99. The molecule has 2 aliphatic rings. The molecule has 2 aromatic rings. The third kappa shape index (κ3) is 3.69. The number of benzene rings is 1. The zero-order valence-corrected chi connectivity index (χ0v) is 14.9. The number of ether oxygens (including phenoxy) is 2. The molecule has 1 aromatic heterocycles. The highest BCUT2D eigenvalue weighted by Crippen LogP contribution is 2.33. The molecule has 2 heterocycles. The number of hydrogen-bond acceptors (Lipinski definition) is 6. The Morgan fingerprint density at radius 1 is 1.27 bits per heavy atom. The second kappa shape index (κ2) is 7.64. The van der Waals surface area contributed by atoms with E-state index in [4.69, 9.17) is 14.1 Å². The average molecular weight is 354 g/mol. The van der Waals surface area contributed by atoms with Gasteiger partial charge in [0.2, 0.25) is 0 Å². The first-order chi connectivity index (χ1) is 12.7. The van der Waals surface area contributed by atoms with Crippen LogP contribution in [0.5, 0.6) is 11.6 Å². The largest absolute Gasteiger partial charge is 0.490 e. The molecule has 0 unspecified atom stereocenters. The summed E-state index contributed by atoms with van der Waals surface area (Å²) < 4.78 is 16.7. The number of nitrogens with zero attached hydrogens (tertiary/aromatic N) is 2. The fraction of sp³-hybridized carbons (Fsp3) is 0.474. The minimum absolute atomic E-state index is 0.192. The second-order valence-corrected chi connectivity index (χ2v) is 6.94. The van der Waals surface area contributed by atoms with Gasteiger partial charge in [-0.05, 0) is 43.6 Å². The molecule has 136 valence electrons. The molecule has 6 nitrogen and oxygen atoms in total. The normalized spacial score (nSPS) is 20.5. The molecule has 0 amide bonds. The Morgan fingerprint density at radius 2 is 2.12 bits per heavy atom. The molecule has 0 bridgehead atoms. The predicted molar refractivity (Wildman–Crippen MR) is 98.4 cm³/mol. The summed E-state index contributed by atoms with van der Waals surface area (Å²) in [6, 6.07) is 8.08. The van der Waals surface area contributed by atoms with E-state index >= 15 is 0 Å². The van der Waals surface area contributed by atoms with Crippen molar-refractivity contribution in [1.82, 2.24) is 9.97 Å². The van der Waals surface area contributed by atoms with E-state index < -0.39 is 7.12 Å². The summed E-state index contributed by atoms with van der Waals surface area (Å²) in [5, 5.41) is 9.60. The SMILES string of the molecule is COc1cnc(-c2cccc([C@@H]3COB(O)C3)c2)nc1OC1CCCC1. The molecule has 0 spiro atoms. The van der Waals surface area contributed by atoms with E-state index in [9.17, 15) is 5.02 Å². The lowest BCUT2D eigenvalue weighted by molar-refractivity contribution is 0.191. The minimum atomic E-state index is -0.674. The van der Waals surface area contributed by atoms with Crippen LogP contribution in [0.4, 0.5) is 0 Å². The maximum Gasteiger partial charge on any atom is 0.454 e. The minimum Gasteiger partial charge on any atom is -0.490 e. The Hall–Kier alpha value is -2.12. The Balaban J connectivity index is 1.60. The van der Waals surface area contributed by atoms with Crippen molar-refractivity contribution in [2.24, 2.45) is 0 Å². The van der Waals surface area contributed by atoms with Gasteiger partial charge in [-0.25, -0.2) is 4.98 Å². The molecule has 2 fully saturated rings. The van der Waals surface area contributed by atoms with Gasteiger partial charge in [0.15, 0.2) is 11.6 Å². The van der Waals surface area contributed by atoms with E-state index in [1.807, 2.05) is 12.1 Å². The van der Waals surface area contributed by atoms with E-state index in [0.717, 1.165) is 24.0 Å². The lowest BCUT2D eigenvalue weighted by Crippen LogP contribution is -2.13.